The number of hydrazone groups is 1. The van der Waals surface area contributed by atoms with E-state index in [1.165, 1.54) is 0 Å². The first-order valence-corrected chi connectivity index (χ1v) is 5.59. The van der Waals surface area contributed by atoms with E-state index in [-0.39, 0.29) is 6.23 Å². The monoisotopic (exact) mass is 243 g/mol. The lowest BCUT2D eigenvalue weighted by Crippen LogP contribution is -2.59. The van der Waals surface area contributed by atoms with Crippen molar-refractivity contribution in [3.05, 3.63) is 10.1 Å². The summed E-state index contributed by atoms with van der Waals surface area (Å²) in [7, 11) is 3.75. The van der Waals surface area contributed by atoms with Crippen molar-refractivity contribution in [2.45, 2.75) is 19.1 Å². The third-order valence-electron chi connectivity index (χ3n) is 2.87. The summed E-state index contributed by atoms with van der Waals surface area (Å²) in [5, 5.41) is 13.4. The number of hydrogen-bond acceptors (Lipinski definition) is 4. The van der Waals surface area contributed by atoms with Gasteiger partial charge in [-0.1, -0.05) is 0 Å². The molecule has 0 radical (unpaired) electrons. The summed E-state index contributed by atoms with van der Waals surface area (Å²) in [6.07, 6.45) is 1.78. The lowest BCUT2D eigenvalue weighted by molar-refractivity contribution is -0.486. The second-order valence-corrected chi connectivity index (χ2v) is 4.41. The largest absolute Gasteiger partial charge is 0.358 e. The molecule has 8 heteroatoms. The Bertz CT molecular complexity index is 329. The average Bonchev–Trinajstić information content (AvgIpc) is 2.74. The van der Waals surface area contributed by atoms with Crippen LogP contribution >= 0.6 is 0 Å². The van der Waals surface area contributed by atoms with Crippen molar-refractivity contribution < 1.29 is 9.77 Å². The molecule has 0 aromatic carbocycles. The highest BCUT2D eigenvalue weighted by atomic mass is 16.7. The molecule has 0 aliphatic carbocycles. The highest BCUT2D eigenvalue weighted by molar-refractivity contribution is 5.80. The smallest absolute Gasteiger partial charge is 0.277 e. The van der Waals surface area contributed by atoms with E-state index >= 15 is 0 Å². The van der Waals surface area contributed by atoms with E-state index in [1.54, 1.807) is 11.9 Å². The predicted octanol–water partition coefficient (Wildman–Crippen LogP) is -0.235. The molecule has 0 aromatic rings. The molecule has 0 saturated carbocycles. The van der Waals surface area contributed by atoms with Crippen molar-refractivity contribution in [2.75, 3.05) is 34.0 Å². The number of rotatable bonds is 2. The Balaban J connectivity index is 2.20. The van der Waals surface area contributed by atoms with Crippen molar-refractivity contribution in [1.29, 1.82) is 0 Å². The summed E-state index contributed by atoms with van der Waals surface area (Å²) in [5.74, 6) is 0.375. The third-order valence-corrected chi connectivity index (χ3v) is 2.87. The number of hydrogen-bond donors (Lipinski definition) is 0. The second kappa shape index (κ2) is 4.84. The van der Waals surface area contributed by atoms with Gasteiger partial charge in [0.15, 0.2) is 5.03 Å². The molecule has 2 aliphatic heterocycles. The van der Waals surface area contributed by atoms with Crippen molar-refractivity contribution in [3.63, 3.8) is 0 Å². The summed E-state index contributed by atoms with van der Waals surface area (Å²) in [5.41, 5.74) is 0. The molecule has 0 aromatic heterocycles. The third kappa shape index (κ3) is 2.64. The van der Waals surface area contributed by atoms with E-state index in [0.717, 1.165) is 12.8 Å². The van der Waals surface area contributed by atoms with Crippen LogP contribution < -0.4 is 0 Å². The zero-order valence-corrected chi connectivity index (χ0v) is 10.1. The van der Waals surface area contributed by atoms with Gasteiger partial charge >= 0.3 is 0 Å². The van der Waals surface area contributed by atoms with Gasteiger partial charge in [0.05, 0.1) is 13.3 Å². The van der Waals surface area contributed by atoms with Crippen LogP contribution in [0.25, 0.3) is 0 Å². The average molecular weight is 243 g/mol. The van der Waals surface area contributed by atoms with Gasteiger partial charge in [0.2, 0.25) is 0 Å². The Kier molecular flexibility index (Phi) is 3.43. The molecule has 0 amide bonds. The number of ether oxygens (including phenoxy) is 1. The standard InChI is InChI=1S/C9H17N5O3/c1-11-6-12(2)9(10-14(15)16)13(7-11)8-4-3-5-17-8/h8H,3-7H2,1-2H3. The molecule has 0 N–H and O–H groups in total. The molecule has 1 atom stereocenters. The summed E-state index contributed by atoms with van der Waals surface area (Å²) < 4.78 is 5.57. The van der Waals surface area contributed by atoms with Gasteiger partial charge in [-0.15, -0.1) is 0 Å². The van der Waals surface area contributed by atoms with Crippen molar-refractivity contribution in [1.82, 2.24) is 14.7 Å². The minimum Gasteiger partial charge on any atom is -0.358 e. The first kappa shape index (κ1) is 12.1. The van der Waals surface area contributed by atoms with Crippen LogP contribution in [0.2, 0.25) is 0 Å². The van der Waals surface area contributed by atoms with E-state index in [0.29, 0.717) is 25.9 Å². The fourth-order valence-electron chi connectivity index (χ4n) is 2.25. The van der Waals surface area contributed by atoms with Gasteiger partial charge in [-0.05, 0) is 19.9 Å². The van der Waals surface area contributed by atoms with E-state index in [9.17, 15) is 10.1 Å². The van der Waals surface area contributed by atoms with Crippen LogP contribution in [-0.2, 0) is 4.74 Å². The molecule has 8 nitrogen and oxygen atoms in total. The van der Waals surface area contributed by atoms with E-state index in [4.69, 9.17) is 4.74 Å². The lowest BCUT2D eigenvalue weighted by atomic mass is 10.3. The molecule has 0 bridgehead atoms. The van der Waals surface area contributed by atoms with Crippen LogP contribution in [0.15, 0.2) is 5.10 Å². The summed E-state index contributed by atoms with van der Waals surface area (Å²) in [4.78, 5) is 16.2. The SMILES string of the molecule is CN1CN(C)C(=N[N+](=O)[O-])N(C2CCCO2)C1. The number of nitro groups is 1. The van der Waals surface area contributed by atoms with Gasteiger partial charge in [0.25, 0.3) is 5.96 Å². The zero-order chi connectivity index (χ0) is 12.4. The Morgan fingerprint density at radius 2 is 2.24 bits per heavy atom. The normalized spacial score (nSPS) is 29.1. The van der Waals surface area contributed by atoms with Gasteiger partial charge < -0.3 is 9.64 Å². The lowest BCUT2D eigenvalue weighted by Gasteiger charge is -2.42. The molecule has 2 saturated heterocycles. The molecule has 2 aliphatic rings. The molecular weight excluding hydrogens is 226 g/mol. The van der Waals surface area contributed by atoms with Crippen molar-refractivity contribution in [3.8, 4) is 0 Å². The van der Waals surface area contributed by atoms with Crippen LogP contribution in [0.1, 0.15) is 12.8 Å². The maximum Gasteiger partial charge on any atom is 0.277 e. The van der Waals surface area contributed by atoms with Crippen LogP contribution in [0.3, 0.4) is 0 Å². The highest BCUT2D eigenvalue weighted by Gasteiger charge is 2.34. The van der Waals surface area contributed by atoms with Gasteiger partial charge in [-0.3, -0.25) is 9.80 Å². The first-order valence-electron chi connectivity index (χ1n) is 5.59. The maximum atomic E-state index is 10.6. The maximum absolute atomic E-state index is 10.6. The number of guanidine groups is 1. The number of nitrogens with zero attached hydrogens (tertiary/aromatic N) is 5. The Hall–Kier alpha value is -1.41. The second-order valence-electron chi connectivity index (χ2n) is 4.41. The van der Waals surface area contributed by atoms with Gasteiger partial charge in [0.1, 0.15) is 11.3 Å². The fourth-order valence-corrected chi connectivity index (χ4v) is 2.25. The van der Waals surface area contributed by atoms with Crippen LogP contribution in [0.5, 0.6) is 0 Å². The summed E-state index contributed by atoms with van der Waals surface area (Å²) in [6, 6.07) is 0. The van der Waals surface area contributed by atoms with E-state index in [2.05, 4.69) is 10.0 Å². The molecular formula is C9H17N5O3. The molecule has 2 heterocycles. The molecule has 0 spiro atoms. The molecule has 17 heavy (non-hydrogen) atoms. The van der Waals surface area contributed by atoms with E-state index in [1.807, 2.05) is 11.9 Å². The molecule has 1 unspecified atom stereocenters. The van der Waals surface area contributed by atoms with Crippen LogP contribution in [0.4, 0.5) is 0 Å². The quantitative estimate of drug-likeness (QED) is 0.492. The van der Waals surface area contributed by atoms with Gasteiger partial charge in [-0.2, -0.15) is 0 Å². The topological polar surface area (TPSA) is 74.5 Å². The molecule has 96 valence electrons. The van der Waals surface area contributed by atoms with Gasteiger partial charge in [0, 0.05) is 13.7 Å². The van der Waals surface area contributed by atoms with Crippen LogP contribution in [-0.4, -0.2) is 66.0 Å². The minimum atomic E-state index is -0.654. The summed E-state index contributed by atoms with van der Waals surface area (Å²) >= 11 is 0. The van der Waals surface area contributed by atoms with Crippen molar-refractivity contribution in [2.24, 2.45) is 5.10 Å². The van der Waals surface area contributed by atoms with Crippen LogP contribution in [0, 0.1) is 10.1 Å². The molecule has 2 rings (SSSR count). The molecule has 2 fully saturated rings. The summed E-state index contributed by atoms with van der Waals surface area (Å²) in [6.45, 7) is 1.93. The van der Waals surface area contributed by atoms with Gasteiger partial charge in [-0.25, -0.2) is 10.1 Å². The zero-order valence-electron chi connectivity index (χ0n) is 10.1. The van der Waals surface area contributed by atoms with E-state index < -0.39 is 5.03 Å². The Labute approximate surface area is 99.6 Å². The first-order chi connectivity index (χ1) is 8.08. The fraction of sp³-hybridized carbons (Fsp3) is 0.889. The minimum absolute atomic E-state index is 0.0982. The Morgan fingerprint density at radius 3 is 2.82 bits per heavy atom. The van der Waals surface area contributed by atoms with Crippen molar-refractivity contribution >= 4 is 5.96 Å². The highest BCUT2D eigenvalue weighted by Crippen LogP contribution is 2.20. The Morgan fingerprint density at radius 1 is 1.47 bits per heavy atom. The predicted molar refractivity (Wildman–Crippen MR) is 60.5 cm³/mol.